The van der Waals surface area contributed by atoms with Gasteiger partial charge in [-0.2, -0.15) is 29.8 Å². The van der Waals surface area contributed by atoms with Crippen LogP contribution in [-0.4, -0.2) is 141 Å². The number of piperazine rings is 1. The summed E-state index contributed by atoms with van der Waals surface area (Å²) in [5.41, 5.74) is 0.708. The third-order valence-corrected chi connectivity index (χ3v) is 11.6. The Morgan fingerprint density at radius 3 is 2.27 bits per heavy atom. The molecule has 0 unspecified atom stereocenters. The van der Waals surface area contributed by atoms with Crippen LogP contribution < -0.4 is 14.5 Å². The summed E-state index contributed by atoms with van der Waals surface area (Å²) in [7, 11) is -6.05. The number of nitrogens with one attached hydrogen (secondary N) is 1. The first-order chi connectivity index (χ1) is 21.6. The van der Waals surface area contributed by atoms with Crippen molar-refractivity contribution in [2.45, 2.75) is 13.0 Å². The van der Waals surface area contributed by atoms with Crippen molar-refractivity contribution in [1.29, 1.82) is 0 Å². The maximum atomic E-state index is 13.2. The largest absolute Gasteiger partial charge is 0.483 e. The van der Waals surface area contributed by atoms with Gasteiger partial charge >= 0.3 is 0 Å². The Kier molecular flexibility index (Phi) is 9.55. The highest BCUT2D eigenvalue weighted by Gasteiger charge is 2.30. The Bertz CT molecular complexity index is 1570. The van der Waals surface area contributed by atoms with Crippen LogP contribution in [0.2, 0.25) is 0 Å². The number of alkyl halides is 2. The number of aromatic amines is 1. The van der Waals surface area contributed by atoms with E-state index in [9.17, 15) is 26.3 Å². The van der Waals surface area contributed by atoms with Gasteiger partial charge in [-0.1, -0.05) is 6.07 Å². The maximum absolute atomic E-state index is 13.2. The number of halogens is 2. The van der Waals surface area contributed by atoms with Crippen LogP contribution in [0.4, 0.5) is 20.7 Å². The number of imidazole rings is 1. The summed E-state index contributed by atoms with van der Waals surface area (Å²) in [5.74, 6) is 1.55. The zero-order valence-electron chi connectivity index (χ0n) is 24.6. The standard InChI is InChI=1S/C26H37F2N9O6S2/c27-23(28)24-29-19-2-1-3-20(22(19)32-24)43-18-21-30-25(33-26(31-21)36-8-13-42-14-9-36)35-4-6-37(7-5-35)45(40,41)17-12-34-10-15-44(38,39)16-11-34/h1-3,23,38-39H,4-18H2,(H,29,32). The van der Waals surface area contributed by atoms with Crippen molar-refractivity contribution in [2.75, 3.05) is 99.2 Å². The van der Waals surface area contributed by atoms with Crippen molar-refractivity contribution in [3.63, 3.8) is 0 Å². The monoisotopic (exact) mass is 673 g/mol. The van der Waals surface area contributed by atoms with Gasteiger partial charge in [-0.05, 0) is 12.1 Å². The highest BCUT2D eigenvalue weighted by atomic mass is 32.3. The fourth-order valence-corrected chi connectivity index (χ4v) is 8.19. The van der Waals surface area contributed by atoms with E-state index in [0.29, 0.717) is 88.0 Å². The molecular formula is C26H37F2N9O6S2. The Hall–Kier alpha value is -2.94. The lowest BCUT2D eigenvalue weighted by molar-refractivity contribution is 0.122. The highest BCUT2D eigenvalue weighted by molar-refractivity contribution is 8.24. The van der Waals surface area contributed by atoms with Crippen LogP contribution in [0.15, 0.2) is 18.2 Å². The first kappa shape index (κ1) is 32.0. The smallest absolute Gasteiger partial charge is 0.295 e. The van der Waals surface area contributed by atoms with Crippen LogP contribution in [0.5, 0.6) is 5.75 Å². The number of hydrogen-bond donors (Lipinski definition) is 3. The molecule has 19 heteroatoms. The SMILES string of the molecule is O=S(=O)(CCN1CCS(O)(O)CC1)N1CCN(c2nc(COc3cccc4[nH]c(C(F)F)nc34)nc(N3CCOCC3)n2)CC1. The number of morpholine rings is 1. The molecule has 3 N–H and O–H groups in total. The molecule has 2 aromatic heterocycles. The third-order valence-electron chi connectivity index (χ3n) is 8.06. The molecule has 0 radical (unpaired) electrons. The predicted molar refractivity (Wildman–Crippen MR) is 165 cm³/mol. The minimum absolute atomic E-state index is 0.0395. The van der Waals surface area contributed by atoms with Gasteiger partial charge in [0.1, 0.15) is 17.9 Å². The van der Waals surface area contributed by atoms with Crippen molar-refractivity contribution >= 4 is 43.5 Å². The second kappa shape index (κ2) is 13.4. The third kappa shape index (κ3) is 7.72. The van der Waals surface area contributed by atoms with E-state index in [-0.39, 0.29) is 42.5 Å². The maximum Gasteiger partial charge on any atom is 0.295 e. The number of hydrogen-bond acceptors (Lipinski definition) is 13. The van der Waals surface area contributed by atoms with E-state index in [1.807, 2.05) is 14.7 Å². The minimum atomic E-state index is -3.52. The molecule has 0 bridgehead atoms. The van der Waals surface area contributed by atoms with Gasteiger partial charge in [0.2, 0.25) is 21.9 Å². The second-order valence-corrected chi connectivity index (χ2v) is 15.6. The molecule has 15 nitrogen and oxygen atoms in total. The lowest BCUT2D eigenvalue weighted by Gasteiger charge is -2.41. The van der Waals surface area contributed by atoms with Gasteiger partial charge in [-0.3, -0.25) is 14.0 Å². The number of nitrogens with zero attached hydrogens (tertiary/aromatic N) is 8. The van der Waals surface area contributed by atoms with E-state index in [1.165, 1.54) is 4.31 Å². The molecule has 3 aromatic rings. The van der Waals surface area contributed by atoms with Crippen LogP contribution in [0.25, 0.3) is 11.0 Å². The van der Waals surface area contributed by atoms with Gasteiger partial charge in [0.05, 0.1) is 36.0 Å². The van der Waals surface area contributed by atoms with Crippen molar-refractivity contribution in [3.8, 4) is 5.75 Å². The number of rotatable bonds is 10. The van der Waals surface area contributed by atoms with Gasteiger partial charge in [0, 0.05) is 58.9 Å². The van der Waals surface area contributed by atoms with Crippen LogP contribution in [0.1, 0.15) is 18.1 Å². The summed E-state index contributed by atoms with van der Waals surface area (Å²) < 4.78 is 85.3. The van der Waals surface area contributed by atoms with Crippen LogP contribution >= 0.6 is 10.6 Å². The number of ether oxygens (including phenoxy) is 2. The topological polar surface area (TPSA) is 173 Å². The number of sulfonamides is 1. The predicted octanol–water partition coefficient (Wildman–Crippen LogP) is 1.62. The number of benzene rings is 1. The summed E-state index contributed by atoms with van der Waals surface area (Å²) in [4.78, 5) is 26.4. The molecular weight excluding hydrogens is 636 g/mol. The molecule has 3 fully saturated rings. The molecule has 0 spiro atoms. The number of aromatic nitrogens is 5. The molecule has 5 heterocycles. The van der Waals surface area contributed by atoms with Crippen LogP contribution in [0.3, 0.4) is 0 Å². The average molecular weight is 674 g/mol. The molecule has 45 heavy (non-hydrogen) atoms. The highest BCUT2D eigenvalue weighted by Crippen LogP contribution is 2.40. The lowest BCUT2D eigenvalue weighted by atomic mass is 10.3. The van der Waals surface area contributed by atoms with E-state index >= 15 is 0 Å². The molecule has 0 aliphatic carbocycles. The lowest BCUT2D eigenvalue weighted by Crippen LogP contribution is -2.51. The van der Waals surface area contributed by atoms with Gasteiger partial charge in [0.25, 0.3) is 6.43 Å². The van der Waals surface area contributed by atoms with E-state index in [4.69, 9.17) is 14.5 Å². The average Bonchev–Trinajstić information content (AvgIpc) is 3.49. The van der Waals surface area contributed by atoms with Gasteiger partial charge in [0.15, 0.2) is 11.6 Å². The number of anilines is 2. The van der Waals surface area contributed by atoms with Crippen molar-refractivity contribution in [3.05, 3.63) is 29.8 Å². The molecule has 0 saturated carbocycles. The van der Waals surface area contributed by atoms with Crippen molar-refractivity contribution in [2.24, 2.45) is 0 Å². The minimum Gasteiger partial charge on any atom is -0.483 e. The fraction of sp³-hybridized carbons (Fsp3) is 0.615. The Morgan fingerprint density at radius 1 is 0.933 bits per heavy atom. The Morgan fingerprint density at radius 2 is 1.60 bits per heavy atom. The summed E-state index contributed by atoms with van der Waals surface area (Å²) in [6.07, 6.45) is -2.75. The molecule has 6 rings (SSSR count). The molecule has 248 valence electrons. The Labute approximate surface area is 261 Å². The van der Waals surface area contributed by atoms with E-state index in [1.54, 1.807) is 18.2 Å². The molecule has 1 aromatic carbocycles. The number of H-pyrrole nitrogens is 1. The summed E-state index contributed by atoms with van der Waals surface area (Å²) in [6.45, 7) is 4.72. The van der Waals surface area contributed by atoms with Gasteiger partial charge in [-0.25, -0.2) is 22.2 Å². The number of para-hydroxylation sites is 1. The van der Waals surface area contributed by atoms with Crippen LogP contribution in [-0.2, 0) is 21.4 Å². The van der Waals surface area contributed by atoms with Crippen molar-refractivity contribution < 1.29 is 35.8 Å². The van der Waals surface area contributed by atoms with E-state index < -0.39 is 32.9 Å². The first-order valence-electron chi connectivity index (χ1n) is 14.7. The fourth-order valence-electron chi connectivity index (χ4n) is 5.42. The Balaban J connectivity index is 1.13. The molecule has 3 aliphatic rings. The zero-order chi connectivity index (χ0) is 31.6. The van der Waals surface area contributed by atoms with E-state index in [0.717, 1.165) is 0 Å². The van der Waals surface area contributed by atoms with Crippen molar-refractivity contribution in [1.82, 2.24) is 34.1 Å². The molecule has 0 atom stereocenters. The zero-order valence-corrected chi connectivity index (χ0v) is 26.2. The normalized spacial score (nSPS) is 21.0. The van der Waals surface area contributed by atoms with E-state index in [2.05, 4.69) is 19.9 Å². The van der Waals surface area contributed by atoms with Crippen LogP contribution in [0, 0.1) is 0 Å². The number of fused-ring (bicyclic) bond motifs is 1. The molecule has 3 saturated heterocycles. The summed E-state index contributed by atoms with van der Waals surface area (Å²) in [6, 6.07) is 4.96. The first-order valence-corrected chi connectivity index (χ1v) is 18.2. The second-order valence-electron chi connectivity index (χ2n) is 11.1. The van der Waals surface area contributed by atoms with Gasteiger partial charge < -0.3 is 24.3 Å². The molecule has 3 aliphatic heterocycles. The van der Waals surface area contributed by atoms with Gasteiger partial charge in [-0.15, -0.1) is 0 Å². The summed E-state index contributed by atoms with van der Waals surface area (Å²) in [5, 5.41) is 0. The molecule has 0 amide bonds. The summed E-state index contributed by atoms with van der Waals surface area (Å²) >= 11 is 0. The quantitative estimate of drug-likeness (QED) is 0.284.